The molecule has 0 fully saturated rings. The van der Waals surface area contributed by atoms with Crippen LogP contribution in [0.5, 0.6) is 0 Å². The highest BCUT2D eigenvalue weighted by Crippen LogP contribution is 2.29. The molecular formula is C10H9F5N2O2S. The van der Waals surface area contributed by atoms with E-state index in [1.165, 1.54) is 0 Å². The zero-order chi connectivity index (χ0) is 15.3. The number of benzene rings is 1. The fraction of sp³-hybridized carbons (Fsp3) is 0.400. The van der Waals surface area contributed by atoms with Crippen LogP contribution >= 0.6 is 11.8 Å². The van der Waals surface area contributed by atoms with E-state index in [1.807, 2.05) is 0 Å². The van der Waals surface area contributed by atoms with Crippen molar-refractivity contribution < 1.29 is 26.9 Å². The number of nitro benzene ring substituents is 1. The van der Waals surface area contributed by atoms with Gasteiger partial charge in [-0.15, -0.1) is 0 Å². The first-order valence-corrected chi connectivity index (χ1v) is 6.23. The third-order valence-corrected chi connectivity index (χ3v) is 2.91. The van der Waals surface area contributed by atoms with E-state index in [2.05, 4.69) is 5.32 Å². The van der Waals surface area contributed by atoms with Crippen molar-refractivity contribution >= 4 is 17.4 Å². The number of halogens is 5. The summed E-state index contributed by atoms with van der Waals surface area (Å²) in [5, 5.41) is 13.0. The first-order chi connectivity index (χ1) is 9.20. The average molecular weight is 316 g/mol. The molecule has 0 aromatic heterocycles. The lowest BCUT2D eigenvalue weighted by Crippen LogP contribution is -2.19. The molecule has 0 aliphatic carbocycles. The Bertz CT molecular complexity index is 495. The summed E-state index contributed by atoms with van der Waals surface area (Å²) in [4.78, 5) is 9.46. The predicted octanol–water partition coefficient (Wildman–Crippen LogP) is 3.22. The van der Waals surface area contributed by atoms with E-state index in [0.29, 0.717) is 12.1 Å². The SMILES string of the molecule is O=[N+]([O-])c1cc(CNCCSC(F)(F)F)c(F)cc1F. The van der Waals surface area contributed by atoms with Crippen LogP contribution < -0.4 is 5.32 Å². The van der Waals surface area contributed by atoms with Gasteiger partial charge in [-0.25, -0.2) is 4.39 Å². The monoisotopic (exact) mass is 316 g/mol. The highest BCUT2D eigenvalue weighted by molar-refractivity contribution is 8.00. The number of rotatable bonds is 6. The summed E-state index contributed by atoms with van der Waals surface area (Å²) in [5.41, 5.74) is -5.41. The second-order valence-electron chi connectivity index (χ2n) is 3.62. The van der Waals surface area contributed by atoms with Crippen LogP contribution in [0.15, 0.2) is 12.1 Å². The van der Waals surface area contributed by atoms with E-state index in [-0.39, 0.29) is 36.2 Å². The molecule has 0 bridgehead atoms. The van der Waals surface area contributed by atoms with Crippen LogP contribution in [-0.4, -0.2) is 22.7 Å². The van der Waals surface area contributed by atoms with Gasteiger partial charge in [-0.05, 0) is 11.8 Å². The molecule has 1 aromatic carbocycles. The summed E-state index contributed by atoms with van der Waals surface area (Å²) in [6.45, 7) is -0.305. The minimum Gasteiger partial charge on any atom is -0.312 e. The molecule has 0 saturated carbocycles. The van der Waals surface area contributed by atoms with E-state index in [0.717, 1.165) is 0 Å². The van der Waals surface area contributed by atoms with Crippen LogP contribution in [0, 0.1) is 21.7 Å². The summed E-state index contributed by atoms with van der Waals surface area (Å²) in [6, 6.07) is 1.09. The largest absolute Gasteiger partial charge is 0.441 e. The van der Waals surface area contributed by atoms with Gasteiger partial charge in [0.2, 0.25) is 5.82 Å². The van der Waals surface area contributed by atoms with Gasteiger partial charge in [-0.1, -0.05) is 0 Å². The standard InChI is InChI=1S/C10H9F5N2O2S/c11-7-4-8(12)9(17(18)19)3-6(7)5-16-1-2-20-10(13,14)15/h3-4,16H,1-2,5H2. The fourth-order valence-electron chi connectivity index (χ4n) is 1.32. The Labute approximate surface area is 114 Å². The summed E-state index contributed by atoms with van der Waals surface area (Å²) in [7, 11) is 0. The van der Waals surface area contributed by atoms with Crippen molar-refractivity contribution in [3.05, 3.63) is 39.4 Å². The Hall–Kier alpha value is -1.42. The summed E-state index contributed by atoms with van der Waals surface area (Å²) in [6.07, 6.45) is 0. The quantitative estimate of drug-likeness (QED) is 0.379. The maximum Gasteiger partial charge on any atom is 0.441 e. The molecule has 1 rings (SSSR count). The van der Waals surface area contributed by atoms with Crippen LogP contribution in [0.25, 0.3) is 0 Å². The van der Waals surface area contributed by atoms with Crippen molar-refractivity contribution in [1.82, 2.24) is 5.32 Å². The van der Waals surface area contributed by atoms with Crippen molar-refractivity contribution in [2.24, 2.45) is 0 Å². The Kier molecular flexibility index (Phi) is 5.69. The molecule has 0 unspecified atom stereocenters. The van der Waals surface area contributed by atoms with Gasteiger partial charge >= 0.3 is 11.2 Å². The number of alkyl halides is 3. The summed E-state index contributed by atoms with van der Waals surface area (Å²) in [5.74, 6) is -2.58. The maximum atomic E-state index is 13.3. The lowest BCUT2D eigenvalue weighted by molar-refractivity contribution is -0.387. The number of hydrogen-bond acceptors (Lipinski definition) is 4. The van der Waals surface area contributed by atoms with Crippen molar-refractivity contribution in [2.45, 2.75) is 12.1 Å². The molecule has 0 aliphatic heterocycles. The van der Waals surface area contributed by atoms with Gasteiger partial charge in [0, 0.05) is 36.5 Å². The van der Waals surface area contributed by atoms with Crippen molar-refractivity contribution in [1.29, 1.82) is 0 Å². The van der Waals surface area contributed by atoms with E-state index in [9.17, 15) is 32.1 Å². The van der Waals surface area contributed by atoms with Gasteiger partial charge in [0.1, 0.15) is 5.82 Å². The number of nitrogens with one attached hydrogen (secondary N) is 1. The highest BCUT2D eigenvalue weighted by atomic mass is 32.2. The Morgan fingerprint density at radius 1 is 1.25 bits per heavy atom. The molecule has 112 valence electrons. The molecule has 0 aliphatic rings. The average Bonchev–Trinajstić information content (AvgIpc) is 2.29. The molecule has 20 heavy (non-hydrogen) atoms. The van der Waals surface area contributed by atoms with Crippen LogP contribution in [0.1, 0.15) is 5.56 Å². The molecule has 10 heteroatoms. The Balaban J connectivity index is 2.56. The van der Waals surface area contributed by atoms with Crippen LogP contribution in [0.3, 0.4) is 0 Å². The lowest BCUT2D eigenvalue weighted by Gasteiger charge is -2.08. The van der Waals surface area contributed by atoms with Crippen molar-refractivity contribution in [3.63, 3.8) is 0 Å². The normalized spacial score (nSPS) is 11.7. The second kappa shape index (κ2) is 6.84. The van der Waals surface area contributed by atoms with Crippen LogP contribution in [0.2, 0.25) is 0 Å². The zero-order valence-electron chi connectivity index (χ0n) is 9.84. The molecule has 0 heterocycles. The van der Waals surface area contributed by atoms with E-state index in [4.69, 9.17) is 0 Å². The third kappa shape index (κ3) is 5.29. The number of hydrogen-bond donors (Lipinski definition) is 1. The first-order valence-electron chi connectivity index (χ1n) is 5.24. The maximum absolute atomic E-state index is 13.3. The van der Waals surface area contributed by atoms with Gasteiger partial charge in [0.05, 0.1) is 4.92 Å². The predicted molar refractivity (Wildman–Crippen MR) is 63.2 cm³/mol. The Morgan fingerprint density at radius 3 is 2.45 bits per heavy atom. The topological polar surface area (TPSA) is 55.2 Å². The molecule has 0 radical (unpaired) electrons. The van der Waals surface area contributed by atoms with Gasteiger partial charge in [-0.3, -0.25) is 10.1 Å². The molecule has 4 nitrogen and oxygen atoms in total. The molecule has 1 aromatic rings. The van der Waals surface area contributed by atoms with Gasteiger partial charge in [0.15, 0.2) is 0 Å². The molecule has 0 spiro atoms. The summed E-state index contributed by atoms with van der Waals surface area (Å²) < 4.78 is 61.8. The first kappa shape index (κ1) is 16.6. The van der Waals surface area contributed by atoms with E-state index in [1.54, 1.807) is 0 Å². The van der Waals surface area contributed by atoms with Gasteiger partial charge < -0.3 is 5.32 Å². The van der Waals surface area contributed by atoms with Crippen molar-refractivity contribution in [2.75, 3.05) is 12.3 Å². The van der Waals surface area contributed by atoms with Crippen LogP contribution in [0.4, 0.5) is 27.6 Å². The van der Waals surface area contributed by atoms with Gasteiger partial charge in [0.25, 0.3) is 0 Å². The molecule has 0 amide bonds. The second-order valence-corrected chi connectivity index (χ2v) is 4.78. The molecule has 0 saturated heterocycles. The number of nitro groups is 1. The highest BCUT2D eigenvalue weighted by Gasteiger charge is 2.27. The van der Waals surface area contributed by atoms with E-state index < -0.39 is 27.8 Å². The number of thioether (sulfide) groups is 1. The molecular weight excluding hydrogens is 307 g/mol. The third-order valence-electron chi connectivity index (χ3n) is 2.17. The van der Waals surface area contributed by atoms with Crippen LogP contribution in [-0.2, 0) is 6.54 Å². The lowest BCUT2D eigenvalue weighted by atomic mass is 10.2. The zero-order valence-corrected chi connectivity index (χ0v) is 10.7. The molecule has 0 atom stereocenters. The fourth-order valence-corrected chi connectivity index (χ4v) is 1.80. The minimum atomic E-state index is -4.35. The molecule has 1 N–H and O–H groups in total. The van der Waals surface area contributed by atoms with Crippen molar-refractivity contribution in [3.8, 4) is 0 Å². The minimum absolute atomic E-state index is 0.0746. The smallest absolute Gasteiger partial charge is 0.312 e. The van der Waals surface area contributed by atoms with E-state index >= 15 is 0 Å². The summed E-state index contributed by atoms with van der Waals surface area (Å²) >= 11 is -0.241. The number of nitrogens with zero attached hydrogens (tertiary/aromatic N) is 1. The van der Waals surface area contributed by atoms with Gasteiger partial charge in [-0.2, -0.15) is 17.6 Å². The Morgan fingerprint density at radius 2 is 1.90 bits per heavy atom.